The Hall–Kier alpha value is -0.780. The van der Waals surface area contributed by atoms with Gasteiger partial charge in [-0.1, -0.05) is 0 Å². The van der Waals surface area contributed by atoms with Gasteiger partial charge in [0.15, 0.2) is 0 Å². The number of hydrogen-bond acceptors (Lipinski definition) is 2. The van der Waals surface area contributed by atoms with Gasteiger partial charge < -0.3 is 9.84 Å². The van der Waals surface area contributed by atoms with Crippen LogP contribution in [0.3, 0.4) is 0 Å². The first kappa shape index (κ1) is 11.3. The highest BCUT2D eigenvalue weighted by Gasteiger charge is 2.05. The van der Waals surface area contributed by atoms with Crippen LogP contribution in [0.5, 0.6) is 5.75 Å². The minimum atomic E-state index is -0.786. The molecule has 0 aliphatic heterocycles. The van der Waals surface area contributed by atoms with Gasteiger partial charge in [0.25, 0.3) is 0 Å². The minimum Gasteiger partial charge on any atom is -0.496 e. The van der Waals surface area contributed by atoms with Crippen LogP contribution < -0.4 is 4.74 Å². The number of carbonyl (C=O) groups is 1. The third-order valence-corrected chi connectivity index (χ3v) is 2.52. The van der Waals surface area contributed by atoms with Crippen LogP contribution >= 0.6 is 22.6 Å². The first-order valence-corrected chi connectivity index (χ1v) is 5.25. The van der Waals surface area contributed by atoms with Crippen molar-refractivity contribution in [2.24, 2.45) is 0 Å². The Balaban J connectivity index is 2.82. The molecule has 0 unspecified atom stereocenters. The van der Waals surface area contributed by atoms with E-state index in [0.717, 1.165) is 14.9 Å². The van der Waals surface area contributed by atoms with Gasteiger partial charge in [-0.3, -0.25) is 4.79 Å². The summed E-state index contributed by atoms with van der Waals surface area (Å²) in [7, 11) is 1.59. The van der Waals surface area contributed by atoms with E-state index in [4.69, 9.17) is 9.84 Å². The zero-order chi connectivity index (χ0) is 10.6. The van der Waals surface area contributed by atoms with Crippen LogP contribution in [0.4, 0.5) is 0 Å². The number of benzene rings is 1. The fourth-order valence-corrected chi connectivity index (χ4v) is 1.74. The van der Waals surface area contributed by atoms with Gasteiger partial charge in [0.05, 0.1) is 7.11 Å². The highest BCUT2D eigenvalue weighted by Crippen LogP contribution is 2.22. The average molecular weight is 306 g/mol. The second-order valence-corrected chi connectivity index (χ2v) is 4.10. The molecule has 0 saturated heterocycles. The fourth-order valence-electron chi connectivity index (χ4n) is 1.18. The van der Waals surface area contributed by atoms with Crippen LogP contribution in [0, 0.1) is 3.57 Å². The number of aliphatic carboxylic acids is 1. The topological polar surface area (TPSA) is 46.5 Å². The van der Waals surface area contributed by atoms with E-state index in [1.54, 1.807) is 7.11 Å². The third kappa shape index (κ3) is 3.17. The van der Waals surface area contributed by atoms with Crippen molar-refractivity contribution in [2.75, 3.05) is 7.11 Å². The predicted octanol–water partition coefficient (Wildman–Crippen LogP) is 2.32. The highest BCUT2D eigenvalue weighted by molar-refractivity contribution is 14.1. The van der Waals surface area contributed by atoms with Gasteiger partial charge in [-0.05, 0) is 52.8 Å². The molecule has 1 N–H and O–H groups in total. The Morgan fingerprint density at radius 2 is 2.29 bits per heavy atom. The summed E-state index contributed by atoms with van der Waals surface area (Å²) in [5.74, 6) is -0.0300. The van der Waals surface area contributed by atoms with Gasteiger partial charge in [0.1, 0.15) is 5.75 Å². The molecule has 1 rings (SSSR count). The molecule has 0 aromatic heterocycles. The number of hydrogen-bond donors (Lipinski definition) is 1. The first-order chi connectivity index (χ1) is 6.63. The van der Waals surface area contributed by atoms with E-state index < -0.39 is 5.97 Å². The summed E-state index contributed by atoms with van der Waals surface area (Å²) in [6.45, 7) is 0. The Kier molecular flexibility index (Phi) is 4.19. The van der Waals surface area contributed by atoms with Crippen LogP contribution in [0.2, 0.25) is 0 Å². The van der Waals surface area contributed by atoms with Gasteiger partial charge in [0, 0.05) is 9.99 Å². The summed E-state index contributed by atoms with van der Waals surface area (Å²) in [5.41, 5.74) is 0.946. The molecule has 1 aromatic rings. The van der Waals surface area contributed by atoms with Gasteiger partial charge in [0.2, 0.25) is 0 Å². The quantitative estimate of drug-likeness (QED) is 0.868. The van der Waals surface area contributed by atoms with E-state index in [0.29, 0.717) is 6.42 Å². The maximum Gasteiger partial charge on any atom is 0.303 e. The van der Waals surface area contributed by atoms with Crippen molar-refractivity contribution in [1.82, 2.24) is 0 Å². The van der Waals surface area contributed by atoms with Crippen molar-refractivity contribution in [3.63, 3.8) is 0 Å². The summed E-state index contributed by atoms with van der Waals surface area (Å²) in [6.07, 6.45) is 0.645. The second kappa shape index (κ2) is 5.19. The maximum absolute atomic E-state index is 10.4. The molecule has 0 aliphatic rings. The summed E-state index contributed by atoms with van der Waals surface area (Å²) >= 11 is 2.19. The predicted molar refractivity (Wildman–Crippen MR) is 61.7 cm³/mol. The van der Waals surface area contributed by atoms with Crippen molar-refractivity contribution < 1.29 is 14.6 Å². The third-order valence-electron chi connectivity index (χ3n) is 1.85. The van der Waals surface area contributed by atoms with Crippen molar-refractivity contribution in [1.29, 1.82) is 0 Å². The van der Waals surface area contributed by atoms with E-state index in [2.05, 4.69) is 22.6 Å². The van der Waals surface area contributed by atoms with Crippen LogP contribution in [0.25, 0.3) is 0 Å². The monoisotopic (exact) mass is 306 g/mol. The Morgan fingerprint density at radius 1 is 1.57 bits per heavy atom. The molecule has 0 aliphatic carbocycles. The number of methoxy groups -OCH3 is 1. The largest absolute Gasteiger partial charge is 0.496 e. The van der Waals surface area contributed by atoms with Crippen LogP contribution in [0.1, 0.15) is 12.0 Å². The van der Waals surface area contributed by atoms with Gasteiger partial charge in [-0.25, -0.2) is 0 Å². The lowest BCUT2D eigenvalue weighted by atomic mass is 10.1. The Labute approximate surface area is 96.2 Å². The molecule has 0 atom stereocenters. The van der Waals surface area contributed by atoms with Crippen molar-refractivity contribution >= 4 is 28.6 Å². The molecular formula is C10H11IO3. The van der Waals surface area contributed by atoms with Crippen LogP contribution in [-0.2, 0) is 11.2 Å². The Morgan fingerprint density at radius 3 is 2.86 bits per heavy atom. The minimum absolute atomic E-state index is 0.135. The van der Waals surface area contributed by atoms with Crippen molar-refractivity contribution in [2.45, 2.75) is 12.8 Å². The SMILES string of the molecule is COc1ccc(I)cc1CCC(=O)O. The van der Waals surface area contributed by atoms with Crippen molar-refractivity contribution in [3.8, 4) is 5.75 Å². The number of halogens is 1. The molecule has 0 radical (unpaired) electrons. The van der Waals surface area contributed by atoms with Gasteiger partial charge >= 0.3 is 5.97 Å². The molecule has 76 valence electrons. The van der Waals surface area contributed by atoms with Gasteiger partial charge in [-0.2, -0.15) is 0 Å². The van der Waals surface area contributed by atoms with Crippen LogP contribution in [-0.4, -0.2) is 18.2 Å². The molecule has 14 heavy (non-hydrogen) atoms. The molecule has 3 nitrogen and oxygen atoms in total. The lowest BCUT2D eigenvalue weighted by Crippen LogP contribution is -1.99. The number of aryl methyl sites for hydroxylation is 1. The summed E-state index contributed by atoms with van der Waals surface area (Å²) in [4.78, 5) is 10.4. The molecule has 0 heterocycles. The maximum atomic E-state index is 10.4. The fraction of sp³-hybridized carbons (Fsp3) is 0.300. The number of carboxylic acids is 1. The molecule has 0 amide bonds. The summed E-state index contributed by atoms with van der Waals surface area (Å²) in [5, 5.41) is 8.57. The molecule has 1 aromatic carbocycles. The molecule has 0 spiro atoms. The van der Waals surface area contributed by atoms with E-state index in [9.17, 15) is 4.79 Å². The van der Waals surface area contributed by atoms with E-state index in [1.807, 2.05) is 18.2 Å². The van der Waals surface area contributed by atoms with E-state index >= 15 is 0 Å². The molecule has 4 heteroatoms. The van der Waals surface area contributed by atoms with E-state index in [1.165, 1.54) is 0 Å². The number of carboxylic acid groups (broad SMARTS) is 1. The Bertz CT molecular complexity index is 336. The lowest BCUT2D eigenvalue weighted by molar-refractivity contribution is -0.136. The second-order valence-electron chi connectivity index (χ2n) is 2.85. The zero-order valence-electron chi connectivity index (χ0n) is 7.79. The molecule has 0 saturated carbocycles. The van der Waals surface area contributed by atoms with Crippen LogP contribution in [0.15, 0.2) is 18.2 Å². The summed E-state index contributed by atoms with van der Waals surface area (Å²) in [6, 6.07) is 5.74. The number of ether oxygens (including phenoxy) is 1. The molecule has 0 fully saturated rings. The molecular weight excluding hydrogens is 295 g/mol. The first-order valence-electron chi connectivity index (χ1n) is 4.17. The summed E-state index contributed by atoms with van der Waals surface area (Å²) < 4.78 is 6.22. The molecule has 0 bridgehead atoms. The smallest absolute Gasteiger partial charge is 0.303 e. The average Bonchev–Trinajstić information content (AvgIpc) is 2.15. The number of rotatable bonds is 4. The highest BCUT2D eigenvalue weighted by atomic mass is 127. The zero-order valence-corrected chi connectivity index (χ0v) is 9.95. The standard InChI is InChI=1S/C10H11IO3/c1-14-9-4-3-8(11)6-7(9)2-5-10(12)13/h3-4,6H,2,5H2,1H3,(H,12,13). The normalized spacial score (nSPS) is 9.86. The lowest BCUT2D eigenvalue weighted by Gasteiger charge is -2.07. The van der Waals surface area contributed by atoms with E-state index in [-0.39, 0.29) is 6.42 Å². The van der Waals surface area contributed by atoms with Crippen molar-refractivity contribution in [3.05, 3.63) is 27.3 Å². The van der Waals surface area contributed by atoms with Gasteiger partial charge in [-0.15, -0.1) is 0 Å².